The summed E-state index contributed by atoms with van der Waals surface area (Å²) in [5.74, 6) is 0.210. The van der Waals surface area contributed by atoms with Gasteiger partial charge in [0.15, 0.2) is 0 Å². The monoisotopic (exact) mass is 471 g/mol. The van der Waals surface area contributed by atoms with Crippen LogP contribution in [0.4, 0.5) is 4.39 Å². The van der Waals surface area contributed by atoms with E-state index in [1.54, 1.807) is 30.6 Å². The summed E-state index contributed by atoms with van der Waals surface area (Å²) in [5, 5.41) is 7.08. The number of hydrogen-bond donors (Lipinski definition) is 2. The summed E-state index contributed by atoms with van der Waals surface area (Å²) < 4.78 is 16.0. The van der Waals surface area contributed by atoms with Gasteiger partial charge in [0.05, 0.1) is 5.52 Å². The average Bonchev–Trinajstić information content (AvgIpc) is 3.44. The topological polar surface area (TPSA) is 88.4 Å². The van der Waals surface area contributed by atoms with E-state index in [1.165, 1.54) is 42.2 Å². The van der Waals surface area contributed by atoms with Crippen molar-refractivity contribution in [2.45, 2.75) is 38.8 Å². The van der Waals surface area contributed by atoms with Gasteiger partial charge in [0.25, 0.3) is 11.5 Å². The van der Waals surface area contributed by atoms with Crippen molar-refractivity contribution in [3.63, 3.8) is 0 Å². The maximum Gasteiger partial charge on any atom is 0.270 e. The van der Waals surface area contributed by atoms with Crippen molar-refractivity contribution in [3.05, 3.63) is 87.9 Å². The highest BCUT2D eigenvalue weighted by molar-refractivity contribution is 5.92. The van der Waals surface area contributed by atoms with Crippen LogP contribution in [0, 0.1) is 17.2 Å². The molecule has 1 amide bonds. The third kappa shape index (κ3) is 4.18. The molecule has 0 spiro atoms. The maximum atomic E-state index is 14.6. The lowest BCUT2D eigenvalue weighted by Crippen LogP contribution is -2.38. The highest BCUT2D eigenvalue weighted by atomic mass is 19.1. The average molecular weight is 472 g/mol. The van der Waals surface area contributed by atoms with E-state index in [2.05, 4.69) is 20.6 Å². The lowest BCUT2D eigenvalue weighted by atomic mass is 9.70. The molecule has 1 aromatic carbocycles. The molecule has 178 valence electrons. The standard InChI is InChI=1S/C27H26FN5O2/c28-21-9-22-19(8-20(21)15-29-16-27-5-4-17(11-27)12-27)7-18(13-30-22)14-31-26(35)23-10-25(34)33-6-2-1-3-24(33)32-23/h1-3,6-10,13,17,29H,4-5,11-12,14-16H2,(H,31,35). The molecule has 3 saturated carbocycles. The first-order valence-electron chi connectivity index (χ1n) is 12.0. The number of fused-ring (bicyclic) bond motifs is 3. The molecule has 3 heterocycles. The molecular weight excluding hydrogens is 445 g/mol. The summed E-state index contributed by atoms with van der Waals surface area (Å²) in [4.78, 5) is 33.5. The first-order valence-corrected chi connectivity index (χ1v) is 12.0. The van der Waals surface area contributed by atoms with E-state index in [0.29, 0.717) is 28.7 Å². The number of amides is 1. The van der Waals surface area contributed by atoms with Gasteiger partial charge in [-0.25, -0.2) is 9.37 Å². The van der Waals surface area contributed by atoms with Crippen molar-refractivity contribution in [3.8, 4) is 0 Å². The van der Waals surface area contributed by atoms with E-state index < -0.39 is 5.91 Å². The van der Waals surface area contributed by atoms with Crippen molar-refractivity contribution < 1.29 is 9.18 Å². The lowest BCUT2D eigenvalue weighted by Gasteiger charge is -2.38. The molecule has 3 aliphatic rings. The number of pyridine rings is 2. The van der Waals surface area contributed by atoms with Gasteiger partial charge in [-0.05, 0) is 66.8 Å². The lowest BCUT2D eigenvalue weighted by molar-refractivity contribution is 0.0946. The van der Waals surface area contributed by atoms with Gasteiger partial charge in [0, 0.05) is 55.1 Å². The van der Waals surface area contributed by atoms with Crippen LogP contribution >= 0.6 is 0 Å². The summed E-state index contributed by atoms with van der Waals surface area (Å²) in [6.07, 6.45) is 8.47. The van der Waals surface area contributed by atoms with Gasteiger partial charge < -0.3 is 10.6 Å². The summed E-state index contributed by atoms with van der Waals surface area (Å²) in [7, 11) is 0. The second-order valence-corrected chi connectivity index (χ2v) is 9.99. The smallest absolute Gasteiger partial charge is 0.270 e. The summed E-state index contributed by atoms with van der Waals surface area (Å²) in [6.45, 7) is 1.64. The Bertz CT molecular complexity index is 1500. The number of carbonyl (C=O) groups is 1. The Labute approximate surface area is 201 Å². The normalized spacial score (nSPS) is 20.8. The SMILES string of the molecule is O=C(NCc1cnc2cc(F)c(CNCC34CCC(C3)C4)cc2c1)c1cc(=O)n2ccccc2n1. The molecule has 2 N–H and O–H groups in total. The summed E-state index contributed by atoms with van der Waals surface area (Å²) in [6, 6.07) is 11.6. The van der Waals surface area contributed by atoms with Crippen molar-refractivity contribution in [2.75, 3.05) is 6.54 Å². The second kappa shape index (κ2) is 8.53. The maximum absolute atomic E-state index is 14.6. The molecule has 8 heteroatoms. The molecule has 3 aliphatic carbocycles. The van der Waals surface area contributed by atoms with Gasteiger partial charge in [-0.1, -0.05) is 6.07 Å². The minimum absolute atomic E-state index is 0.0601. The largest absolute Gasteiger partial charge is 0.347 e. The van der Waals surface area contributed by atoms with Crippen molar-refractivity contribution in [1.82, 2.24) is 25.0 Å². The zero-order chi connectivity index (χ0) is 24.0. The molecule has 7 rings (SSSR count). The molecule has 3 aromatic heterocycles. The Kier molecular flexibility index (Phi) is 5.33. The molecule has 4 aromatic rings. The highest BCUT2D eigenvalue weighted by Gasteiger charge is 2.49. The number of nitrogens with one attached hydrogen (secondary N) is 2. The van der Waals surface area contributed by atoms with E-state index in [0.717, 1.165) is 23.4 Å². The molecule has 35 heavy (non-hydrogen) atoms. The Morgan fingerprint density at radius 1 is 1.17 bits per heavy atom. The van der Waals surface area contributed by atoms with E-state index in [-0.39, 0.29) is 23.6 Å². The van der Waals surface area contributed by atoms with E-state index in [4.69, 9.17) is 0 Å². The zero-order valence-electron chi connectivity index (χ0n) is 19.3. The van der Waals surface area contributed by atoms with E-state index >= 15 is 0 Å². The number of benzene rings is 1. The first-order chi connectivity index (χ1) is 17.0. The Hall–Kier alpha value is -3.65. The van der Waals surface area contributed by atoms with Crippen molar-refractivity contribution >= 4 is 22.5 Å². The van der Waals surface area contributed by atoms with Crippen LogP contribution in [0.25, 0.3) is 16.6 Å². The van der Waals surface area contributed by atoms with Gasteiger partial charge in [0.2, 0.25) is 0 Å². The Morgan fingerprint density at radius 3 is 2.89 bits per heavy atom. The number of rotatable bonds is 7. The predicted molar refractivity (Wildman–Crippen MR) is 130 cm³/mol. The Balaban J connectivity index is 1.14. The number of carbonyl (C=O) groups excluding carboxylic acids is 1. The molecule has 0 atom stereocenters. The van der Waals surface area contributed by atoms with Crippen LogP contribution in [0.1, 0.15) is 47.3 Å². The van der Waals surface area contributed by atoms with Crippen LogP contribution in [-0.2, 0) is 13.1 Å². The number of aromatic nitrogens is 3. The molecule has 3 fully saturated rings. The summed E-state index contributed by atoms with van der Waals surface area (Å²) >= 11 is 0. The fraction of sp³-hybridized carbons (Fsp3) is 0.333. The molecular formula is C27H26FN5O2. The van der Waals surface area contributed by atoms with Gasteiger partial charge in [-0.15, -0.1) is 0 Å². The van der Waals surface area contributed by atoms with Crippen LogP contribution in [0.15, 0.2) is 59.7 Å². The molecule has 0 radical (unpaired) electrons. The van der Waals surface area contributed by atoms with Gasteiger partial charge in [-0.2, -0.15) is 0 Å². The quantitative estimate of drug-likeness (QED) is 0.430. The zero-order valence-corrected chi connectivity index (χ0v) is 19.3. The van der Waals surface area contributed by atoms with Crippen LogP contribution in [0.3, 0.4) is 0 Å². The molecule has 7 nitrogen and oxygen atoms in total. The van der Waals surface area contributed by atoms with E-state index in [1.807, 2.05) is 12.1 Å². The van der Waals surface area contributed by atoms with Crippen molar-refractivity contribution in [1.29, 1.82) is 0 Å². The molecule has 0 saturated heterocycles. The minimum atomic E-state index is -0.443. The predicted octanol–water partition coefficient (Wildman–Crippen LogP) is 3.59. The van der Waals surface area contributed by atoms with Crippen LogP contribution < -0.4 is 16.2 Å². The van der Waals surface area contributed by atoms with Crippen LogP contribution in [0.5, 0.6) is 0 Å². The minimum Gasteiger partial charge on any atom is -0.347 e. The van der Waals surface area contributed by atoms with Crippen molar-refractivity contribution in [2.24, 2.45) is 11.3 Å². The fourth-order valence-electron chi connectivity index (χ4n) is 5.70. The van der Waals surface area contributed by atoms with Gasteiger partial charge >= 0.3 is 0 Å². The van der Waals surface area contributed by atoms with Crippen LogP contribution in [-0.4, -0.2) is 26.8 Å². The first kappa shape index (κ1) is 21.9. The van der Waals surface area contributed by atoms with Crippen LogP contribution in [0.2, 0.25) is 0 Å². The fourth-order valence-corrected chi connectivity index (χ4v) is 5.70. The molecule has 2 bridgehead atoms. The Morgan fingerprint density at radius 2 is 2.06 bits per heavy atom. The van der Waals surface area contributed by atoms with Gasteiger partial charge in [-0.3, -0.25) is 19.0 Å². The number of halogens is 1. The van der Waals surface area contributed by atoms with E-state index in [9.17, 15) is 14.0 Å². The third-order valence-corrected chi connectivity index (χ3v) is 7.50. The number of hydrogen-bond acceptors (Lipinski definition) is 5. The number of nitrogens with zero attached hydrogens (tertiary/aromatic N) is 3. The van der Waals surface area contributed by atoms with Gasteiger partial charge in [0.1, 0.15) is 17.2 Å². The summed E-state index contributed by atoms with van der Waals surface area (Å²) in [5.41, 5.74) is 2.56. The molecule has 0 aliphatic heterocycles. The molecule has 0 unspecified atom stereocenters. The second-order valence-electron chi connectivity index (χ2n) is 9.99. The third-order valence-electron chi connectivity index (χ3n) is 7.50. The highest BCUT2D eigenvalue weighted by Crippen LogP contribution is 2.58.